The Bertz CT molecular complexity index is 676. The van der Waals surface area contributed by atoms with Gasteiger partial charge in [-0.15, -0.1) is 0 Å². The predicted molar refractivity (Wildman–Crippen MR) is 77.6 cm³/mol. The summed E-state index contributed by atoms with van der Waals surface area (Å²) < 4.78 is 1.73. The third-order valence-electron chi connectivity index (χ3n) is 3.89. The summed E-state index contributed by atoms with van der Waals surface area (Å²) in [6.07, 6.45) is 7.62. The molecule has 22 heavy (non-hydrogen) atoms. The summed E-state index contributed by atoms with van der Waals surface area (Å²) in [7, 11) is 0. The predicted octanol–water partition coefficient (Wildman–Crippen LogP) is 1.20. The zero-order chi connectivity index (χ0) is 15.5. The molecule has 3 rings (SSSR count). The van der Waals surface area contributed by atoms with E-state index < -0.39 is 5.97 Å². The smallest absolute Gasteiger partial charge is 0.306 e. The molecule has 1 aliphatic rings. The summed E-state index contributed by atoms with van der Waals surface area (Å²) in [5.41, 5.74) is 0.549. The van der Waals surface area contributed by atoms with E-state index in [-0.39, 0.29) is 11.8 Å². The first-order valence-electron chi connectivity index (χ1n) is 7.11. The van der Waals surface area contributed by atoms with Crippen LogP contribution < -0.4 is 0 Å². The minimum atomic E-state index is -0.779. The number of nitrogens with zero attached hydrogens (tertiary/aromatic N) is 4. The van der Waals surface area contributed by atoms with E-state index in [1.165, 1.54) is 0 Å². The van der Waals surface area contributed by atoms with Gasteiger partial charge in [-0.05, 0) is 25.0 Å². The summed E-state index contributed by atoms with van der Waals surface area (Å²) in [6, 6.07) is 3.39. The van der Waals surface area contributed by atoms with E-state index in [1.807, 2.05) is 0 Å². The number of hydrogen-bond acceptors (Lipinski definition) is 4. The Morgan fingerprint density at radius 2 is 2.00 bits per heavy atom. The van der Waals surface area contributed by atoms with Crippen LogP contribution in [0, 0.1) is 5.92 Å². The molecule has 1 saturated heterocycles. The number of carboxylic acids is 1. The Kier molecular flexibility index (Phi) is 3.86. The van der Waals surface area contributed by atoms with Gasteiger partial charge in [0.2, 0.25) is 0 Å². The normalized spacial score (nSPS) is 15.7. The number of carbonyl (C=O) groups is 2. The Labute approximate surface area is 127 Å². The van der Waals surface area contributed by atoms with Gasteiger partial charge in [-0.2, -0.15) is 0 Å². The summed E-state index contributed by atoms with van der Waals surface area (Å²) in [6.45, 7) is 0.942. The van der Waals surface area contributed by atoms with E-state index in [0.717, 1.165) is 0 Å². The fourth-order valence-corrected chi connectivity index (χ4v) is 2.60. The number of hydrogen-bond donors (Lipinski definition) is 1. The molecule has 0 unspecified atom stereocenters. The molecular formula is C15H16N4O3. The number of aliphatic carboxylic acids is 1. The molecule has 1 aliphatic heterocycles. The molecule has 0 bridgehead atoms. The van der Waals surface area contributed by atoms with Crippen molar-refractivity contribution in [1.29, 1.82) is 0 Å². The van der Waals surface area contributed by atoms with Crippen molar-refractivity contribution in [2.24, 2.45) is 5.92 Å². The fraction of sp³-hybridized carbons (Fsp3) is 0.333. The monoisotopic (exact) mass is 300 g/mol. The van der Waals surface area contributed by atoms with Crippen LogP contribution in [0.15, 0.2) is 37.1 Å². The van der Waals surface area contributed by atoms with Crippen LogP contribution in [-0.4, -0.2) is 49.5 Å². The molecule has 0 spiro atoms. The van der Waals surface area contributed by atoms with Gasteiger partial charge in [-0.3, -0.25) is 14.2 Å². The van der Waals surface area contributed by atoms with Crippen LogP contribution >= 0.6 is 0 Å². The lowest BCUT2D eigenvalue weighted by Crippen LogP contribution is -2.40. The molecule has 0 atom stereocenters. The molecular weight excluding hydrogens is 284 g/mol. The van der Waals surface area contributed by atoms with Gasteiger partial charge in [0.25, 0.3) is 5.91 Å². The van der Waals surface area contributed by atoms with Gasteiger partial charge in [-0.25, -0.2) is 9.97 Å². The number of carbonyl (C=O) groups excluding carboxylic acids is 1. The second-order valence-corrected chi connectivity index (χ2v) is 5.28. The third-order valence-corrected chi connectivity index (χ3v) is 3.89. The van der Waals surface area contributed by atoms with Crippen molar-refractivity contribution in [3.8, 4) is 5.82 Å². The summed E-state index contributed by atoms with van der Waals surface area (Å²) in [5, 5.41) is 9.00. The highest BCUT2D eigenvalue weighted by atomic mass is 16.4. The molecule has 2 aromatic heterocycles. The standard InChI is InChI=1S/C15H16N4O3/c20-14(18-6-2-11(3-7-18)15(21)22)12-1-4-17-13(9-12)19-8-5-16-10-19/h1,4-5,8-11H,2-3,6-7H2,(H,21,22). The molecule has 0 saturated carbocycles. The third kappa shape index (κ3) is 2.83. The van der Waals surface area contributed by atoms with Gasteiger partial charge in [0.1, 0.15) is 12.1 Å². The fourth-order valence-electron chi connectivity index (χ4n) is 2.60. The van der Waals surface area contributed by atoms with Crippen molar-refractivity contribution < 1.29 is 14.7 Å². The highest BCUT2D eigenvalue weighted by Gasteiger charge is 2.27. The van der Waals surface area contributed by atoms with Crippen LogP contribution in [0.5, 0.6) is 0 Å². The maximum absolute atomic E-state index is 12.5. The van der Waals surface area contributed by atoms with E-state index in [0.29, 0.717) is 37.3 Å². The Hall–Kier alpha value is -2.70. The Morgan fingerprint density at radius 1 is 1.23 bits per heavy atom. The lowest BCUT2D eigenvalue weighted by atomic mass is 9.96. The maximum atomic E-state index is 12.5. The van der Waals surface area contributed by atoms with Gasteiger partial charge >= 0.3 is 5.97 Å². The number of amides is 1. The number of carboxylic acid groups (broad SMARTS) is 1. The number of imidazole rings is 1. The van der Waals surface area contributed by atoms with Gasteiger partial charge in [-0.1, -0.05) is 0 Å². The molecule has 7 heteroatoms. The van der Waals surface area contributed by atoms with Crippen LogP contribution in [0.25, 0.3) is 5.82 Å². The molecule has 3 heterocycles. The maximum Gasteiger partial charge on any atom is 0.306 e. The van der Waals surface area contributed by atoms with Gasteiger partial charge in [0.05, 0.1) is 5.92 Å². The minimum Gasteiger partial charge on any atom is -0.481 e. The van der Waals surface area contributed by atoms with E-state index in [9.17, 15) is 9.59 Å². The Balaban J connectivity index is 1.73. The second kappa shape index (κ2) is 5.97. The lowest BCUT2D eigenvalue weighted by molar-refractivity contribution is -0.143. The Morgan fingerprint density at radius 3 is 2.64 bits per heavy atom. The summed E-state index contributed by atoms with van der Waals surface area (Å²) in [4.78, 5) is 33.4. The average molecular weight is 300 g/mol. The quantitative estimate of drug-likeness (QED) is 0.920. The van der Waals surface area contributed by atoms with Gasteiger partial charge in [0, 0.05) is 37.2 Å². The van der Waals surface area contributed by atoms with Gasteiger partial charge < -0.3 is 10.0 Å². The van der Waals surface area contributed by atoms with Crippen LogP contribution in [0.3, 0.4) is 0 Å². The van der Waals surface area contributed by atoms with E-state index >= 15 is 0 Å². The van der Waals surface area contributed by atoms with Crippen molar-refractivity contribution in [2.45, 2.75) is 12.8 Å². The van der Waals surface area contributed by atoms with Crippen molar-refractivity contribution in [1.82, 2.24) is 19.4 Å². The first kappa shape index (κ1) is 14.2. The largest absolute Gasteiger partial charge is 0.481 e. The average Bonchev–Trinajstić information content (AvgIpc) is 3.09. The van der Waals surface area contributed by atoms with Crippen molar-refractivity contribution in [2.75, 3.05) is 13.1 Å². The lowest BCUT2D eigenvalue weighted by Gasteiger charge is -2.30. The van der Waals surface area contributed by atoms with E-state index in [2.05, 4.69) is 9.97 Å². The number of pyridine rings is 1. The number of likely N-dealkylation sites (tertiary alicyclic amines) is 1. The zero-order valence-electron chi connectivity index (χ0n) is 11.9. The topological polar surface area (TPSA) is 88.3 Å². The number of rotatable bonds is 3. The minimum absolute atomic E-state index is 0.0902. The highest BCUT2D eigenvalue weighted by molar-refractivity contribution is 5.94. The van der Waals surface area contributed by atoms with Gasteiger partial charge in [0.15, 0.2) is 0 Å². The van der Waals surface area contributed by atoms with Crippen LogP contribution in [-0.2, 0) is 4.79 Å². The van der Waals surface area contributed by atoms with Crippen LogP contribution in [0.1, 0.15) is 23.2 Å². The molecule has 0 aromatic carbocycles. The zero-order valence-corrected chi connectivity index (χ0v) is 11.9. The summed E-state index contributed by atoms with van der Waals surface area (Å²) >= 11 is 0. The van der Waals surface area contributed by atoms with Crippen LogP contribution in [0.2, 0.25) is 0 Å². The molecule has 1 amide bonds. The molecule has 1 fully saturated rings. The van der Waals surface area contributed by atoms with Crippen molar-refractivity contribution in [3.63, 3.8) is 0 Å². The van der Waals surface area contributed by atoms with E-state index in [1.54, 1.807) is 46.5 Å². The summed E-state index contributed by atoms with van der Waals surface area (Å²) in [5.74, 6) is -0.585. The molecule has 7 nitrogen and oxygen atoms in total. The van der Waals surface area contributed by atoms with Crippen molar-refractivity contribution >= 4 is 11.9 Å². The molecule has 0 aliphatic carbocycles. The molecule has 114 valence electrons. The molecule has 1 N–H and O–H groups in total. The second-order valence-electron chi connectivity index (χ2n) is 5.28. The van der Waals surface area contributed by atoms with Crippen molar-refractivity contribution in [3.05, 3.63) is 42.6 Å². The van der Waals surface area contributed by atoms with Crippen LogP contribution in [0.4, 0.5) is 0 Å². The van der Waals surface area contributed by atoms with E-state index in [4.69, 9.17) is 5.11 Å². The molecule has 0 radical (unpaired) electrons. The highest BCUT2D eigenvalue weighted by Crippen LogP contribution is 2.19. The number of piperidine rings is 1. The first-order valence-corrected chi connectivity index (χ1v) is 7.11. The molecule has 2 aromatic rings. The number of aromatic nitrogens is 3. The SMILES string of the molecule is O=C(O)C1CCN(C(=O)c2ccnc(-n3ccnc3)c2)CC1. The first-order chi connectivity index (χ1) is 10.6.